The molecule has 1 aliphatic heterocycles. The number of hydrogen-bond donors (Lipinski definition) is 1. The molecule has 9 heteroatoms. The van der Waals surface area contributed by atoms with Crippen LogP contribution in [0, 0.1) is 5.82 Å². The van der Waals surface area contributed by atoms with E-state index in [0.29, 0.717) is 5.56 Å². The predicted molar refractivity (Wildman–Crippen MR) is 100 cm³/mol. The molecule has 0 amide bonds. The second kappa shape index (κ2) is 8.35. The fourth-order valence-electron chi connectivity index (χ4n) is 3.37. The summed E-state index contributed by atoms with van der Waals surface area (Å²) in [5, 5.41) is 9.79. The monoisotopic (exact) mass is 425 g/mol. The summed E-state index contributed by atoms with van der Waals surface area (Å²) in [6, 6.07) is 8.38. The third-order valence-corrected chi connectivity index (χ3v) is 4.67. The van der Waals surface area contributed by atoms with Crippen molar-refractivity contribution in [1.82, 2.24) is 0 Å². The number of nitrogens with zero attached hydrogens (tertiary/aromatic N) is 1. The minimum absolute atomic E-state index is 0.0306. The molecule has 0 bridgehead atoms. The van der Waals surface area contributed by atoms with Crippen LogP contribution in [0.2, 0.25) is 0 Å². The minimum atomic E-state index is -4.60. The van der Waals surface area contributed by atoms with Crippen molar-refractivity contribution in [3.8, 4) is 0 Å². The molecule has 5 nitrogen and oxygen atoms in total. The Morgan fingerprint density at radius 3 is 2.37 bits per heavy atom. The number of rotatable bonds is 6. The van der Waals surface area contributed by atoms with Crippen LogP contribution in [0.4, 0.5) is 23.2 Å². The van der Waals surface area contributed by atoms with Gasteiger partial charge in [0.05, 0.1) is 24.4 Å². The van der Waals surface area contributed by atoms with Gasteiger partial charge in [-0.1, -0.05) is 18.2 Å². The number of benzene rings is 2. The van der Waals surface area contributed by atoms with Gasteiger partial charge in [-0.05, 0) is 36.8 Å². The number of anilines is 1. The van der Waals surface area contributed by atoms with Crippen LogP contribution in [-0.4, -0.2) is 24.8 Å². The van der Waals surface area contributed by atoms with Gasteiger partial charge < -0.3 is 19.5 Å². The van der Waals surface area contributed by atoms with Crippen LogP contribution in [0.3, 0.4) is 0 Å². The molecule has 1 atom stereocenters. The summed E-state index contributed by atoms with van der Waals surface area (Å²) < 4.78 is 64.3. The summed E-state index contributed by atoms with van der Waals surface area (Å²) in [5.74, 6) is -1.91. The van der Waals surface area contributed by atoms with Crippen molar-refractivity contribution in [2.75, 3.05) is 18.6 Å². The molecular formula is C21H19F4NO4. The molecule has 1 unspecified atom stereocenters. The topological polar surface area (TPSA) is 59.0 Å². The maximum absolute atomic E-state index is 13.4. The van der Waals surface area contributed by atoms with Crippen LogP contribution in [0.15, 0.2) is 53.9 Å². The molecule has 1 N–H and O–H groups in total. The van der Waals surface area contributed by atoms with Gasteiger partial charge in [0, 0.05) is 12.7 Å². The quantitative estimate of drug-likeness (QED) is 0.669. The zero-order chi connectivity index (χ0) is 22.1. The first-order valence-electron chi connectivity index (χ1n) is 9.03. The Morgan fingerprint density at radius 2 is 1.83 bits per heavy atom. The van der Waals surface area contributed by atoms with E-state index in [4.69, 9.17) is 9.47 Å². The van der Waals surface area contributed by atoms with Gasteiger partial charge in [-0.3, -0.25) is 0 Å². The van der Waals surface area contributed by atoms with Crippen LogP contribution >= 0.6 is 0 Å². The van der Waals surface area contributed by atoms with E-state index < -0.39 is 29.6 Å². The first-order chi connectivity index (χ1) is 14.2. The van der Waals surface area contributed by atoms with Crippen LogP contribution in [-0.2, 0) is 27.0 Å². The highest BCUT2D eigenvalue weighted by molar-refractivity contribution is 5.91. The number of ether oxygens (including phenoxy) is 2. The minimum Gasteiger partial charge on any atom is -0.479 e. The number of halogens is 4. The Labute approximate surface area is 170 Å². The molecule has 0 aromatic heterocycles. The Balaban J connectivity index is 2.23. The molecular weight excluding hydrogens is 406 g/mol. The van der Waals surface area contributed by atoms with E-state index in [2.05, 4.69) is 0 Å². The molecule has 0 radical (unpaired) electrons. The highest BCUT2D eigenvalue weighted by Gasteiger charge is 2.40. The summed E-state index contributed by atoms with van der Waals surface area (Å²) in [6.07, 6.45) is -5.72. The van der Waals surface area contributed by atoms with Gasteiger partial charge in [-0.15, -0.1) is 0 Å². The third kappa shape index (κ3) is 4.11. The van der Waals surface area contributed by atoms with Crippen LogP contribution in [0.25, 0.3) is 0 Å². The largest absolute Gasteiger partial charge is 0.479 e. The number of fused-ring (bicyclic) bond motifs is 1. The van der Waals surface area contributed by atoms with Crippen LogP contribution in [0.5, 0.6) is 0 Å². The van der Waals surface area contributed by atoms with Crippen molar-refractivity contribution in [3.05, 3.63) is 76.4 Å². The standard InChI is InChI=1S/C21H19F4NO4/c1-3-30-19-17(20(27)28)18(29-2)15-9-6-13(21(23,24)25)10-16(15)26(19)11-12-4-7-14(22)8-5-12/h4-10,18H,3,11H2,1-2H3,(H,27,28). The van der Waals surface area contributed by atoms with Gasteiger partial charge in [0.25, 0.3) is 0 Å². The maximum atomic E-state index is 13.4. The van der Waals surface area contributed by atoms with Gasteiger partial charge >= 0.3 is 12.1 Å². The summed E-state index contributed by atoms with van der Waals surface area (Å²) in [5.41, 5.74) is -0.205. The number of hydrogen-bond acceptors (Lipinski definition) is 4. The first-order valence-corrected chi connectivity index (χ1v) is 9.03. The molecule has 0 saturated carbocycles. The summed E-state index contributed by atoms with van der Waals surface area (Å²) in [6.45, 7) is 1.68. The van der Waals surface area contributed by atoms with E-state index in [9.17, 15) is 27.5 Å². The Bertz CT molecular complexity index is 970. The van der Waals surface area contributed by atoms with Gasteiger partial charge in [-0.25, -0.2) is 9.18 Å². The second-order valence-corrected chi connectivity index (χ2v) is 6.56. The molecule has 0 saturated heterocycles. The average Bonchev–Trinajstić information content (AvgIpc) is 2.69. The molecule has 0 fully saturated rings. The Morgan fingerprint density at radius 1 is 1.17 bits per heavy atom. The lowest BCUT2D eigenvalue weighted by molar-refractivity contribution is -0.138. The van der Waals surface area contributed by atoms with E-state index in [-0.39, 0.29) is 35.9 Å². The SMILES string of the molecule is CCOC1=C(C(=O)O)C(OC)c2ccc(C(F)(F)F)cc2N1Cc1ccc(F)cc1. The third-order valence-electron chi connectivity index (χ3n) is 4.67. The normalized spacial score (nSPS) is 16.5. The van der Waals surface area contributed by atoms with E-state index in [0.717, 1.165) is 12.1 Å². The molecule has 1 aliphatic rings. The fourth-order valence-corrected chi connectivity index (χ4v) is 3.37. The molecule has 160 valence electrons. The number of methoxy groups -OCH3 is 1. The predicted octanol–water partition coefficient (Wildman–Crippen LogP) is 4.88. The molecule has 30 heavy (non-hydrogen) atoms. The van der Waals surface area contributed by atoms with E-state index in [1.807, 2.05) is 0 Å². The Hall–Kier alpha value is -3.07. The first kappa shape index (κ1) is 21.6. The highest BCUT2D eigenvalue weighted by Crippen LogP contribution is 2.45. The van der Waals surface area contributed by atoms with E-state index in [1.165, 1.54) is 42.3 Å². The van der Waals surface area contributed by atoms with Gasteiger partial charge in [0.1, 0.15) is 17.5 Å². The zero-order valence-corrected chi connectivity index (χ0v) is 16.2. The average molecular weight is 425 g/mol. The van der Waals surface area contributed by atoms with Gasteiger partial charge in [0.15, 0.2) is 0 Å². The number of carboxylic acid groups (broad SMARTS) is 1. The summed E-state index contributed by atoms with van der Waals surface area (Å²) in [7, 11) is 1.27. The Kier molecular flexibility index (Phi) is 6.02. The number of carbonyl (C=O) groups is 1. The molecule has 2 aromatic carbocycles. The molecule has 2 aromatic rings. The molecule has 0 aliphatic carbocycles. The molecule has 1 heterocycles. The van der Waals surface area contributed by atoms with Crippen molar-refractivity contribution in [1.29, 1.82) is 0 Å². The molecule has 0 spiro atoms. The van der Waals surface area contributed by atoms with Gasteiger partial charge in [0.2, 0.25) is 5.88 Å². The number of carboxylic acids is 1. The number of aliphatic carboxylic acids is 1. The van der Waals surface area contributed by atoms with Crippen LogP contribution in [0.1, 0.15) is 29.7 Å². The van der Waals surface area contributed by atoms with E-state index in [1.54, 1.807) is 6.92 Å². The highest BCUT2D eigenvalue weighted by atomic mass is 19.4. The lowest BCUT2D eigenvalue weighted by Gasteiger charge is -2.37. The lowest BCUT2D eigenvalue weighted by atomic mass is 9.93. The maximum Gasteiger partial charge on any atom is 0.416 e. The smallest absolute Gasteiger partial charge is 0.416 e. The fraction of sp³-hybridized carbons (Fsp3) is 0.286. The molecule has 3 rings (SSSR count). The zero-order valence-electron chi connectivity index (χ0n) is 16.2. The summed E-state index contributed by atoms with van der Waals surface area (Å²) in [4.78, 5) is 13.4. The van der Waals surface area contributed by atoms with Crippen molar-refractivity contribution in [2.45, 2.75) is 25.7 Å². The van der Waals surface area contributed by atoms with Crippen LogP contribution < -0.4 is 4.90 Å². The second-order valence-electron chi connectivity index (χ2n) is 6.56. The van der Waals surface area contributed by atoms with Crippen molar-refractivity contribution in [2.24, 2.45) is 0 Å². The number of alkyl halides is 3. The van der Waals surface area contributed by atoms with Crippen molar-refractivity contribution < 1.29 is 36.9 Å². The van der Waals surface area contributed by atoms with Crippen molar-refractivity contribution >= 4 is 11.7 Å². The summed E-state index contributed by atoms with van der Waals surface area (Å²) >= 11 is 0. The van der Waals surface area contributed by atoms with E-state index >= 15 is 0 Å². The van der Waals surface area contributed by atoms with Gasteiger partial charge in [-0.2, -0.15) is 13.2 Å². The van der Waals surface area contributed by atoms with Crippen molar-refractivity contribution in [3.63, 3.8) is 0 Å². The lowest BCUT2D eigenvalue weighted by Crippen LogP contribution is -2.34.